The number of carbonyl (C=O) groups is 1. The first-order valence-electron chi connectivity index (χ1n) is 7.87. The van der Waals surface area contributed by atoms with E-state index in [4.69, 9.17) is 4.42 Å². The molecule has 0 fully saturated rings. The third kappa shape index (κ3) is 2.83. The van der Waals surface area contributed by atoms with E-state index in [0.29, 0.717) is 12.1 Å². The van der Waals surface area contributed by atoms with Gasteiger partial charge in [0, 0.05) is 23.7 Å². The highest BCUT2D eigenvalue weighted by molar-refractivity contribution is 7.17. The molecule has 2 aromatic heterocycles. The molecule has 0 aliphatic rings. The zero-order chi connectivity index (χ0) is 17.4. The van der Waals surface area contributed by atoms with E-state index in [9.17, 15) is 9.59 Å². The fourth-order valence-corrected chi connectivity index (χ4v) is 3.85. The molecule has 0 radical (unpaired) electrons. The van der Waals surface area contributed by atoms with E-state index in [-0.39, 0.29) is 11.5 Å². The zero-order valence-electron chi connectivity index (χ0n) is 13.6. The number of benzene rings is 2. The van der Waals surface area contributed by atoms with Crippen LogP contribution in [0.4, 0.5) is 0 Å². The molecule has 0 unspecified atom stereocenters. The molecule has 5 heteroatoms. The number of carbonyl (C=O) groups excluding carboxylic acids is 1. The van der Waals surface area contributed by atoms with Crippen molar-refractivity contribution in [3.05, 3.63) is 81.5 Å². The molecule has 124 valence electrons. The molecular formula is C20H15NO3S. The molecule has 0 aliphatic heterocycles. The molecule has 2 aromatic carbocycles. The highest BCUT2D eigenvalue weighted by atomic mass is 32.1. The Morgan fingerprint density at radius 2 is 1.88 bits per heavy atom. The van der Waals surface area contributed by atoms with Gasteiger partial charge in [-0.25, -0.2) is 4.79 Å². The summed E-state index contributed by atoms with van der Waals surface area (Å²) in [5.74, 6) is -0.338. The second-order valence-electron chi connectivity index (χ2n) is 5.90. The summed E-state index contributed by atoms with van der Waals surface area (Å²) >= 11 is 1.65. The van der Waals surface area contributed by atoms with Gasteiger partial charge >= 0.3 is 5.63 Å². The van der Waals surface area contributed by atoms with Crippen LogP contribution >= 0.6 is 11.3 Å². The lowest BCUT2D eigenvalue weighted by atomic mass is 10.1. The SMILES string of the molecule is CN(Cc1csc2ccccc12)C(=O)c1cc2ccccc2oc1=O. The second kappa shape index (κ2) is 6.18. The van der Waals surface area contributed by atoms with Crippen molar-refractivity contribution >= 4 is 38.3 Å². The van der Waals surface area contributed by atoms with Gasteiger partial charge in [-0.15, -0.1) is 11.3 Å². The van der Waals surface area contributed by atoms with Crippen molar-refractivity contribution in [2.24, 2.45) is 0 Å². The fourth-order valence-electron chi connectivity index (χ4n) is 2.90. The van der Waals surface area contributed by atoms with Gasteiger partial charge in [-0.05, 0) is 34.5 Å². The fraction of sp³-hybridized carbons (Fsp3) is 0.100. The highest BCUT2D eigenvalue weighted by Crippen LogP contribution is 2.26. The van der Waals surface area contributed by atoms with Crippen molar-refractivity contribution in [1.82, 2.24) is 4.90 Å². The molecule has 0 N–H and O–H groups in total. The van der Waals surface area contributed by atoms with Gasteiger partial charge in [-0.1, -0.05) is 36.4 Å². The number of hydrogen-bond acceptors (Lipinski definition) is 4. The first kappa shape index (κ1) is 15.6. The van der Waals surface area contributed by atoms with Crippen LogP contribution in [0.5, 0.6) is 0 Å². The van der Waals surface area contributed by atoms with Crippen LogP contribution in [0.15, 0.2) is 69.2 Å². The van der Waals surface area contributed by atoms with E-state index in [1.54, 1.807) is 41.5 Å². The van der Waals surface area contributed by atoms with Crippen LogP contribution in [-0.4, -0.2) is 17.9 Å². The van der Waals surface area contributed by atoms with Crippen molar-refractivity contribution in [3.63, 3.8) is 0 Å². The Kier molecular flexibility index (Phi) is 3.86. The molecule has 0 aliphatic carbocycles. The van der Waals surface area contributed by atoms with E-state index in [1.807, 2.05) is 30.3 Å². The minimum atomic E-state index is -0.606. The average molecular weight is 349 g/mol. The number of thiophene rings is 1. The Hall–Kier alpha value is -2.92. The summed E-state index contributed by atoms with van der Waals surface area (Å²) in [6.45, 7) is 0.440. The van der Waals surface area contributed by atoms with Crippen LogP contribution in [0.25, 0.3) is 21.1 Å². The lowest BCUT2D eigenvalue weighted by Gasteiger charge is -2.16. The van der Waals surface area contributed by atoms with Gasteiger partial charge in [-0.3, -0.25) is 4.79 Å². The van der Waals surface area contributed by atoms with Crippen LogP contribution in [0, 0.1) is 0 Å². The number of para-hydroxylation sites is 1. The Labute approximate surface area is 147 Å². The van der Waals surface area contributed by atoms with Crippen molar-refractivity contribution in [1.29, 1.82) is 0 Å². The van der Waals surface area contributed by atoms with E-state index in [1.165, 1.54) is 4.70 Å². The van der Waals surface area contributed by atoms with Gasteiger partial charge in [0.1, 0.15) is 11.1 Å². The minimum absolute atomic E-state index is 0.0562. The highest BCUT2D eigenvalue weighted by Gasteiger charge is 2.19. The van der Waals surface area contributed by atoms with Crippen LogP contribution in [0.2, 0.25) is 0 Å². The van der Waals surface area contributed by atoms with Crippen molar-refractivity contribution in [3.8, 4) is 0 Å². The lowest BCUT2D eigenvalue weighted by molar-refractivity contribution is 0.0781. The van der Waals surface area contributed by atoms with E-state index < -0.39 is 5.63 Å². The number of fused-ring (bicyclic) bond motifs is 2. The van der Waals surface area contributed by atoms with E-state index >= 15 is 0 Å². The van der Waals surface area contributed by atoms with Crippen LogP contribution in [0.1, 0.15) is 15.9 Å². The number of hydrogen-bond donors (Lipinski definition) is 0. The minimum Gasteiger partial charge on any atom is -0.422 e. The Balaban J connectivity index is 1.66. The molecule has 0 saturated heterocycles. The van der Waals surface area contributed by atoms with E-state index in [0.717, 1.165) is 16.3 Å². The number of amides is 1. The van der Waals surface area contributed by atoms with Gasteiger partial charge in [0.15, 0.2) is 0 Å². The molecule has 0 bridgehead atoms. The summed E-state index contributed by atoms with van der Waals surface area (Å²) in [4.78, 5) is 26.5. The Morgan fingerprint density at radius 3 is 2.76 bits per heavy atom. The molecule has 2 heterocycles. The predicted octanol–water partition coefficient (Wildman–Crippen LogP) is 4.28. The third-order valence-electron chi connectivity index (χ3n) is 4.19. The standard InChI is InChI=1S/C20H15NO3S/c1-21(11-14-12-25-18-9-5-3-7-15(14)18)19(22)16-10-13-6-2-4-8-17(13)24-20(16)23/h2-10,12H,11H2,1H3. The third-order valence-corrected chi connectivity index (χ3v) is 5.20. The topological polar surface area (TPSA) is 50.5 Å². The largest absolute Gasteiger partial charge is 0.422 e. The van der Waals surface area contributed by atoms with Crippen LogP contribution < -0.4 is 5.63 Å². The van der Waals surface area contributed by atoms with Crippen LogP contribution in [-0.2, 0) is 6.54 Å². The average Bonchev–Trinajstić information content (AvgIpc) is 3.03. The number of rotatable bonds is 3. The summed E-state index contributed by atoms with van der Waals surface area (Å²) in [7, 11) is 1.70. The Morgan fingerprint density at radius 1 is 1.12 bits per heavy atom. The molecule has 0 spiro atoms. The first-order valence-corrected chi connectivity index (χ1v) is 8.75. The molecule has 0 atom stereocenters. The number of nitrogens with zero attached hydrogens (tertiary/aromatic N) is 1. The molecule has 4 aromatic rings. The molecule has 4 nitrogen and oxygen atoms in total. The normalized spacial score (nSPS) is 11.1. The van der Waals surface area contributed by atoms with E-state index in [2.05, 4.69) is 11.4 Å². The quantitative estimate of drug-likeness (QED) is 0.519. The van der Waals surface area contributed by atoms with Crippen LogP contribution in [0.3, 0.4) is 0 Å². The van der Waals surface area contributed by atoms with Gasteiger partial charge < -0.3 is 9.32 Å². The lowest BCUT2D eigenvalue weighted by Crippen LogP contribution is -2.30. The van der Waals surface area contributed by atoms with Crippen molar-refractivity contribution < 1.29 is 9.21 Å². The molecule has 4 rings (SSSR count). The molecular weight excluding hydrogens is 334 g/mol. The summed E-state index contributed by atoms with van der Waals surface area (Å²) in [6.07, 6.45) is 0. The summed E-state index contributed by atoms with van der Waals surface area (Å²) in [6, 6.07) is 16.9. The maximum Gasteiger partial charge on any atom is 0.349 e. The Bertz CT molecular complexity index is 1140. The summed E-state index contributed by atoms with van der Waals surface area (Å²) in [5.41, 5.74) is 1.00. The maximum atomic E-state index is 12.7. The van der Waals surface area contributed by atoms with Gasteiger partial charge in [0.2, 0.25) is 0 Å². The summed E-state index contributed by atoms with van der Waals surface area (Å²) < 4.78 is 6.45. The molecule has 1 amide bonds. The van der Waals surface area contributed by atoms with Crippen molar-refractivity contribution in [2.45, 2.75) is 6.54 Å². The maximum absolute atomic E-state index is 12.7. The van der Waals surface area contributed by atoms with Gasteiger partial charge in [-0.2, -0.15) is 0 Å². The second-order valence-corrected chi connectivity index (χ2v) is 6.81. The monoisotopic (exact) mass is 349 g/mol. The van der Waals surface area contributed by atoms with Gasteiger partial charge in [0.25, 0.3) is 5.91 Å². The van der Waals surface area contributed by atoms with Crippen molar-refractivity contribution in [2.75, 3.05) is 7.05 Å². The molecule has 0 saturated carbocycles. The first-order chi connectivity index (χ1) is 12.1. The summed E-state index contributed by atoms with van der Waals surface area (Å²) in [5, 5.41) is 3.93. The predicted molar refractivity (Wildman–Crippen MR) is 100 cm³/mol. The van der Waals surface area contributed by atoms with Gasteiger partial charge in [0.05, 0.1) is 0 Å². The zero-order valence-corrected chi connectivity index (χ0v) is 14.4. The smallest absolute Gasteiger partial charge is 0.349 e. The molecule has 25 heavy (non-hydrogen) atoms.